The summed E-state index contributed by atoms with van der Waals surface area (Å²) < 4.78 is 29.3. The molecule has 8 rings (SSSR count). The van der Waals surface area contributed by atoms with Gasteiger partial charge >= 0.3 is 23.3 Å². The number of carbonyl (C=O) groups excluding carboxylic acids is 4. The van der Waals surface area contributed by atoms with Crippen LogP contribution in [0.4, 0.5) is 8.78 Å². The lowest BCUT2D eigenvalue weighted by Crippen LogP contribution is -2.52. The van der Waals surface area contributed by atoms with E-state index in [4.69, 9.17) is 9.68 Å². The number of nitrogens with zero attached hydrogens (tertiary/aromatic N) is 6. The third kappa shape index (κ3) is 9.89. The predicted molar refractivity (Wildman–Crippen MR) is 240 cm³/mol. The number of carbonyl (C=O) groups is 4. The minimum absolute atomic E-state index is 0.0409. The van der Waals surface area contributed by atoms with E-state index >= 15 is 0 Å². The molecule has 20 heteroatoms. The Balaban J connectivity index is 0.925. The van der Waals surface area contributed by atoms with Crippen LogP contribution < -0.4 is 32.2 Å². The number of aliphatic hydroxyl groups is 2. The van der Waals surface area contributed by atoms with Crippen LogP contribution in [0.15, 0.2) is 116 Å². The van der Waals surface area contributed by atoms with Gasteiger partial charge in [-0.3, -0.25) is 28.3 Å². The molecule has 2 unspecified atom stereocenters. The maximum absolute atomic E-state index is 13.8. The van der Waals surface area contributed by atoms with E-state index in [-0.39, 0.29) is 71.4 Å². The van der Waals surface area contributed by atoms with E-state index in [0.717, 1.165) is 9.13 Å². The minimum Gasteiger partial charge on any atom is -0.379 e. The van der Waals surface area contributed by atoms with E-state index in [9.17, 15) is 57.4 Å². The molecular formula is C48H46F2N6O12. The molecule has 2 aliphatic heterocycles. The van der Waals surface area contributed by atoms with Gasteiger partial charge in [0.15, 0.2) is 23.8 Å². The second-order valence-electron chi connectivity index (χ2n) is 16.8. The second-order valence-corrected chi connectivity index (χ2v) is 16.8. The van der Waals surface area contributed by atoms with Crippen molar-refractivity contribution in [1.29, 1.82) is 0 Å². The number of ketones is 2. The molecule has 2 aliphatic rings. The monoisotopic (exact) mass is 936 g/mol. The molecule has 2 saturated heterocycles. The van der Waals surface area contributed by atoms with Gasteiger partial charge < -0.3 is 29.7 Å². The molecule has 0 radical (unpaired) electrons. The number of Topliss-reactive ketones (excluding diaryl/α,β-unsaturated/α-hetero) is 2. The number of aromatic nitrogens is 4. The van der Waals surface area contributed by atoms with E-state index in [1.165, 1.54) is 97.1 Å². The number of hydrogen-bond acceptors (Lipinski definition) is 14. The van der Waals surface area contributed by atoms with Crippen molar-refractivity contribution in [2.45, 2.75) is 51.0 Å². The lowest BCUT2D eigenvalue weighted by Gasteiger charge is -2.31. The zero-order chi connectivity index (χ0) is 48.2. The predicted octanol–water partition coefficient (Wildman–Crippen LogP) is 1.44. The largest absolute Gasteiger partial charge is 0.379 e. The van der Waals surface area contributed by atoms with Gasteiger partial charge in [0, 0.05) is 49.1 Å². The SMILES string of the molecule is O=C(c1ccc(F)cc1)C1CCN(CCn2c(=O)c3ccccc3n(OC(=O)C(O)C(O)C(=O)On3c(=O)n(CCN4CCC(C(=O)c5ccc(F)cc5)CC4)c(=O)c4ccccc43)c2=O)CC1. The molecule has 18 nitrogen and oxygen atoms in total. The van der Waals surface area contributed by atoms with Gasteiger partial charge in [0.1, 0.15) is 11.6 Å². The Kier molecular flexibility index (Phi) is 14.1. The van der Waals surface area contributed by atoms with Gasteiger partial charge in [-0.25, -0.2) is 28.0 Å². The average molecular weight is 937 g/mol. The zero-order valence-corrected chi connectivity index (χ0v) is 36.4. The summed E-state index contributed by atoms with van der Waals surface area (Å²) in [6.07, 6.45) is -3.47. The summed E-state index contributed by atoms with van der Waals surface area (Å²) in [5, 5.41) is 21.7. The lowest BCUT2D eigenvalue weighted by atomic mass is 9.89. The summed E-state index contributed by atoms with van der Waals surface area (Å²) in [7, 11) is 0. The molecule has 2 atom stereocenters. The highest BCUT2D eigenvalue weighted by atomic mass is 19.1. The van der Waals surface area contributed by atoms with E-state index < -0.39 is 58.3 Å². The van der Waals surface area contributed by atoms with E-state index in [2.05, 4.69) is 0 Å². The van der Waals surface area contributed by atoms with Crippen molar-refractivity contribution in [2.75, 3.05) is 39.3 Å². The molecule has 0 bridgehead atoms. The van der Waals surface area contributed by atoms with E-state index in [1.807, 2.05) is 9.80 Å². The molecule has 354 valence electrons. The number of rotatable bonds is 15. The molecule has 6 aromatic rings. The minimum atomic E-state index is -2.70. The average Bonchev–Trinajstić information content (AvgIpc) is 3.36. The Morgan fingerprint density at radius 1 is 0.515 bits per heavy atom. The fourth-order valence-corrected chi connectivity index (χ4v) is 8.69. The fourth-order valence-electron chi connectivity index (χ4n) is 8.69. The third-order valence-electron chi connectivity index (χ3n) is 12.6. The van der Waals surface area contributed by atoms with Crippen LogP contribution in [-0.2, 0) is 22.7 Å². The van der Waals surface area contributed by atoms with Gasteiger partial charge in [0.2, 0.25) is 0 Å². The van der Waals surface area contributed by atoms with Crippen LogP contribution in [0.2, 0.25) is 0 Å². The van der Waals surface area contributed by atoms with E-state index in [0.29, 0.717) is 72.5 Å². The van der Waals surface area contributed by atoms with Crippen LogP contribution in [-0.4, -0.2) is 114 Å². The van der Waals surface area contributed by atoms with Crippen LogP contribution in [0, 0.1) is 23.5 Å². The maximum Gasteiger partial charge on any atom is 0.365 e. The Morgan fingerprint density at radius 3 is 1.21 bits per heavy atom. The number of hydrogen-bond donors (Lipinski definition) is 2. The number of likely N-dealkylation sites (tertiary alicyclic amines) is 2. The van der Waals surface area contributed by atoms with Crippen molar-refractivity contribution < 1.29 is 47.8 Å². The molecule has 0 amide bonds. The van der Waals surface area contributed by atoms with Crippen molar-refractivity contribution in [2.24, 2.45) is 11.8 Å². The second kappa shape index (κ2) is 20.3. The van der Waals surface area contributed by atoms with Gasteiger partial charge in [0.05, 0.1) is 21.8 Å². The maximum atomic E-state index is 13.8. The van der Waals surface area contributed by atoms with Gasteiger partial charge in [-0.05, 0) is 125 Å². The van der Waals surface area contributed by atoms with Gasteiger partial charge in [-0.2, -0.15) is 0 Å². The molecule has 0 spiro atoms. The first-order valence-corrected chi connectivity index (χ1v) is 22.0. The highest BCUT2D eigenvalue weighted by Gasteiger charge is 2.36. The summed E-state index contributed by atoms with van der Waals surface area (Å²) in [6, 6.07) is 22.0. The number of para-hydroxylation sites is 2. The van der Waals surface area contributed by atoms with Gasteiger partial charge in [0.25, 0.3) is 11.1 Å². The highest BCUT2D eigenvalue weighted by Crippen LogP contribution is 2.24. The number of fused-ring (bicyclic) bond motifs is 2. The molecule has 4 aromatic carbocycles. The van der Waals surface area contributed by atoms with Crippen molar-refractivity contribution >= 4 is 45.3 Å². The summed E-state index contributed by atoms with van der Waals surface area (Å²) in [5.74, 6) is -5.11. The quantitative estimate of drug-likeness (QED) is 0.139. The van der Waals surface area contributed by atoms with Crippen molar-refractivity contribution in [3.8, 4) is 0 Å². The number of aliphatic hydroxyl groups excluding tert-OH is 2. The molecule has 2 fully saturated rings. The zero-order valence-electron chi connectivity index (χ0n) is 36.4. The smallest absolute Gasteiger partial charge is 0.365 e. The van der Waals surface area contributed by atoms with Gasteiger partial charge in [-0.1, -0.05) is 24.3 Å². The molecular weight excluding hydrogens is 891 g/mol. The standard InChI is InChI=1S/C48H46F2N6O12/c49-33-13-9-29(10-14-33)39(57)31-17-21-51(22-18-31)25-27-53-43(61)35-5-1-3-7-37(35)55(47(53)65)67-45(63)41(59)42(60)46(64)68-56-38-8-4-2-6-36(38)44(62)54(48(56)66)28-26-52-23-19-32(20-24-52)40(58)30-11-15-34(50)16-12-30/h1-16,31-32,41-42,59-60H,17-28H2. The fraction of sp³-hybridized carbons (Fsp3) is 0.333. The molecule has 2 N–H and O–H groups in total. The number of piperidine rings is 2. The first-order chi connectivity index (χ1) is 32.7. The molecule has 2 aromatic heterocycles. The summed E-state index contributed by atoms with van der Waals surface area (Å²) in [6.45, 7) is 1.86. The highest BCUT2D eigenvalue weighted by molar-refractivity contribution is 5.98. The Labute approximate surface area is 384 Å². The lowest BCUT2D eigenvalue weighted by molar-refractivity contribution is -0.173. The first kappa shape index (κ1) is 47.2. The van der Waals surface area contributed by atoms with Gasteiger partial charge in [-0.15, -0.1) is 9.46 Å². The normalized spacial score (nSPS) is 16.1. The Morgan fingerprint density at radius 2 is 0.853 bits per heavy atom. The third-order valence-corrected chi connectivity index (χ3v) is 12.6. The Hall–Kier alpha value is -7.26. The van der Waals surface area contributed by atoms with Crippen molar-refractivity contribution in [3.05, 3.63) is 161 Å². The topological polar surface area (TPSA) is 222 Å². The van der Waals surface area contributed by atoms with Crippen LogP contribution >= 0.6 is 0 Å². The van der Waals surface area contributed by atoms with Crippen molar-refractivity contribution in [3.63, 3.8) is 0 Å². The van der Waals surface area contributed by atoms with Crippen LogP contribution in [0.25, 0.3) is 21.8 Å². The van der Waals surface area contributed by atoms with Crippen LogP contribution in [0.3, 0.4) is 0 Å². The first-order valence-electron chi connectivity index (χ1n) is 22.0. The Bertz CT molecular complexity index is 2920. The van der Waals surface area contributed by atoms with Crippen LogP contribution in [0.5, 0.6) is 0 Å². The summed E-state index contributed by atoms with van der Waals surface area (Å²) in [4.78, 5) is 122. The summed E-state index contributed by atoms with van der Waals surface area (Å²) in [5.41, 5.74) is -3.17. The van der Waals surface area contributed by atoms with Crippen LogP contribution in [0.1, 0.15) is 46.4 Å². The number of halogens is 2. The number of benzene rings is 4. The summed E-state index contributed by atoms with van der Waals surface area (Å²) >= 11 is 0. The van der Waals surface area contributed by atoms with E-state index in [1.54, 1.807) is 0 Å². The molecule has 0 saturated carbocycles. The molecule has 4 heterocycles. The van der Waals surface area contributed by atoms with Crippen molar-refractivity contribution in [1.82, 2.24) is 28.4 Å². The molecule has 68 heavy (non-hydrogen) atoms. The molecule has 0 aliphatic carbocycles.